The van der Waals surface area contributed by atoms with Crippen molar-refractivity contribution in [2.75, 3.05) is 26.4 Å². The molecular weight excluding hydrogens is 414 g/mol. The Morgan fingerprint density at radius 1 is 0.692 bits per heavy atom. The summed E-state index contributed by atoms with van der Waals surface area (Å²) in [6.07, 6.45) is 0. The summed E-state index contributed by atoms with van der Waals surface area (Å²) in [5, 5.41) is 4.61. The maximum atomic E-state index is 13.2. The van der Waals surface area contributed by atoms with E-state index in [4.69, 9.17) is 18.1 Å². The second kappa shape index (κ2) is 9.76. The van der Waals surface area contributed by atoms with E-state index in [2.05, 4.69) is 0 Å². The number of thiophene rings is 2. The molecule has 0 saturated carbocycles. The molecule has 6 nitrogen and oxygen atoms in total. The molecule has 26 heavy (non-hydrogen) atoms. The monoisotopic (exact) mass is 438 g/mol. The van der Waals surface area contributed by atoms with Gasteiger partial charge in [0, 0.05) is 0 Å². The molecule has 0 amide bonds. The Hall–Kier alpha value is -0.300. The third-order valence-corrected chi connectivity index (χ3v) is 9.90. The summed E-state index contributed by atoms with van der Waals surface area (Å²) < 4.78 is 48.4. The fourth-order valence-electron chi connectivity index (χ4n) is 2.41. The predicted molar refractivity (Wildman–Crippen MR) is 109 cm³/mol. The van der Waals surface area contributed by atoms with Crippen molar-refractivity contribution >= 4 is 48.5 Å². The third-order valence-electron chi connectivity index (χ3n) is 3.28. The Morgan fingerprint density at radius 2 is 1.00 bits per heavy atom. The van der Waals surface area contributed by atoms with Crippen molar-refractivity contribution < 1.29 is 27.2 Å². The van der Waals surface area contributed by atoms with E-state index in [1.54, 1.807) is 39.8 Å². The van der Waals surface area contributed by atoms with Crippen LogP contribution < -0.4 is 10.6 Å². The summed E-state index contributed by atoms with van der Waals surface area (Å²) in [4.78, 5) is 1.42. The van der Waals surface area contributed by atoms with Crippen molar-refractivity contribution in [3.8, 4) is 9.75 Å². The van der Waals surface area contributed by atoms with E-state index in [0.717, 1.165) is 0 Å². The maximum absolute atomic E-state index is 13.2. The van der Waals surface area contributed by atoms with E-state index < -0.39 is 15.2 Å². The van der Waals surface area contributed by atoms with E-state index in [1.165, 1.54) is 22.7 Å². The molecule has 2 aromatic rings. The lowest BCUT2D eigenvalue weighted by Crippen LogP contribution is -2.15. The Morgan fingerprint density at radius 3 is 1.27 bits per heavy atom. The van der Waals surface area contributed by atoms with Gasteiger partial charge in [-0.2, -0.15) is 0 Å². The van der Waals surface area contributed by atoms with E-state index in [1.807, 2.05) is 10.8 Å². The molecule has 0 N–H and O–H groups in total. The lowest BCUT2D eigenvalue weighted by Gasteiger charge is -2.19. The second-order valence-electron chi connectivity index (χ2n) is 4.94. The van der Waals surface area contributed by atoms with E-state index >= 15 is 0 Å². The Balaban J connectivity index is 2.57. The van der Waals surface area contributed by atoms with E-state index in [-0.39, 0.29) is 26.4 Å². The van der Waals surface area contributed by atoms with E-state index in [0.29, 0.717) is 20.4 Å². The molecule has 2 rings (SSSR count). The summed E-state index contributed by atoms with van der Waals surface area (Å²) in [6, 6.07) is 3.48. The Bertz CT molecular complexity index is 714. The van der Waals surface area contributed by atoms with Gasteiger partial charge >= 0.3 is 15.2 Å². The Kier molecular flexibility index (Phi) is 8.26. The van der Waals surface area contributed by atoms with Gasteiger partial charge in [0.15, 0.2) is 0 Å². The summed E-state index contributed by atoms with van der Waals surface area (Å²) in [7, 11) is -6.92. The van der Waals surface area contributed by atoms with Crippen LogP contribution in [0.1, 0.15) is 27.7 Å². The predicted octanol–water partition coefficient (Wildman–Crippen LogP) is 5.26. The fraction of sp³-hybridized carbons (Fsp3) is 0.500. The minimum atomic E-state index is -3.46. The van der Waals surface area contributed by atoms with Gasteiger partial charge in [0.1, 0.15) is 0 Å². The van der Waals surface area contributed by atoms with Gasteiger partial charge in [0.25, 0.3) is 0 Å². The highest BCUT2D eigenvalue weighted by Gasteiger charge is 2.36. The number of hydrogen-bond acceptors (Lipinski definition) is 8. The molecule has 0 aromatic carbocycles. The molecule has 10 heteroatoms. The van der Waals surface area contributed by atoms with Gasteiger partial charge in [-0.3, -0.25) is 9.13 Å². The molecule has 0 radical (unpaired) electrons. The fourth-order valence-corrected chi connectivity index (χ4v) is 8.83. The van der Waals surface area contributed by atoms with Crippen LogP contribution in [0, 0.1) is 0 Å². The maximum Gasteiger partial charge on any atom is 0.362 e. The lowest BCUT2D eigenvalue weighted by molar-refractivity contribution is 0.229. The minimum Gasteiger partial charge on any atom is -0.305 e. The summed E-state index contributed by atoms with van der Waals surface area (Å²) in [5.41, 5.74) is 0. The van der Waals surface area contributed by atoms with Crippen molar-refractivity contribution in [2.24, 2.45) is 0 Å². The van der Waals surface area contributed by atoms with Crippen LogP contribution >= 0.6 is 37.9 Å². The van der Waals surface area contributed by atoms with Crippen LogP contribution in [0.15, 0.2) is 22.9 Å². The van der Waals surface area contributed by atoms with Gasteiger partial charge in [0.05, 0.1) is 46.8 Å². The van der Waals surface area contributed by atoms with Crippen molar-refractivity contribution in [1.82, 2.24) is 0 Å². The lowest BCUT2D eigenvalue weighted by atomic mass is 10.4. The second-order valence-corrected chi connectivity index (χ2v) is 10.8. The Labute approximate surface area is 162 Å². The zero-order valence-electron chi connectivity index (χ0n) is 15.3. The summed E-state index contributed by atoms with van der Waals surface area (Å²) in [6.45, 7) is 8.14. The van der Waals surface area contributed by atoms with Crippen LogP contribution in [-0.4, -0.2) is 26.4 Å². The smallest absolute Gasteiger partial charge is 0.305 e. The first-order chi connectivity index (χ1) is 12.5. The quantitative estimate of drug-likeness (QED) is 0.446. The standard InChI is InChI=1S/C16H24O6P2S2/c1-5-19-23(17,20-6-2)13-9-11-25-15(13)16-14(10-12-26-16)24(18,21-7-3)22-8-4/h9-12H,5-8H2,1-4H3. The first kappa shape index (κ1) is 22.0. The van der Waals surface area contributed by atoms with Crippen LogP contribution in [0.5, 0.6) is 0 Å². The van der Waals surface area contributed by atoms with Gasteiger partial charge in [-0.1, -0.05) is 0 Å². The molecule has 0 spiro atoms. The highest BCUT2D eigenvalue weighted by atomic mass is 32.1. The molecule has 0 atom stereocenters. The zero-order valence-corrected chi connectivity index (χ0v) is 18.7. The minimum absolute atomic E-state index is 0.264. The van der Waals surface area contributed by atoms with Crippen LogP contribution in [0.4, 0.5) is 0 Å². The summed E-state index contributed by atoms with van der Waals surface area (Å²) in [5.74, 6) is 0. The molecule has 0 aliphatic rings. The van der Waals surface area contributed by atoms with Crippen LogP contribution in [0.25, 0.3) is 9.75 Å². The van der Waals surface area contributed by atoms with Crippen molar-refractivity contribution in [2.45, 2.75) is 27.7 Å². The molecule has 0 unspecified atom stereocenters. The van der Waals surface area contributed by atoms with Crippen LogP contribution in [0.2, 0.25) is 0 Å². The summed E-state index contributed by atoms with van der Waals surface area (Å²) >= 11 is 2.80. The van der Waals surface area contributed by atoms with Crippen molar-refractivity contribution in [1.29, 1.82) is 0 Å². The molecule has 0 bridgehead atoms. The molecule has 0 fully saturated rings. The average Bonchev–Trinajstić information content (AvgIpc) is 3.25. The molecule has 0 aliphatic carbocycles. The van der Waals surface area contributed by atoms with Gasteiger partial charge in [-0.25, -0.2) is 0 Å². The van der Waals surface area contributed by atoms with Crippen molar-refractivity contribution in [3.05, 3.63) is 22.9 Å². The van der Waals surface area contributed by atoms with Gasteiger partial charge in [-0.05, 0) is 50.6 Å². The highest BCUT2D eigenvalue weighted by Crippen LogP contribution is 2.54. The van der Waals surface area contributed by atoms with Gasteiger partial charge in [0.2, 0.25) is 0 Å². The number of rotatable bonds is 11. The molecular formula is C16H24O6P2S2. The average molecular weight is 438 g/mol. The molecule has 2 heterocycles. The first-order valence-corrected chi connectivity index (χ1v) is 13.2. The molecule has 0 saturated heterocycles. The van der Waals surface area contributed by atoms with Gasteiger partial charge < -0.3 is 18.1 Å². The highest BCUT2D eigenvalue weighted by molar-refractivity contribution is 7.64. The van der Waals surface area contributed by atoms with Crippen LogP contribution in [0.3, 0.4) is 0 Å². The van der Waals surface area contributed by atoms with E-state index in [9.17, 15) is 9.13 Å². The first-order valence-electron chi connectivity index (χ1n) is 8.40. The SMILES string of the molecule is CCOP(=O)(OCC)c1ccsc1-c1sccc1P(=O)(OCC)OCC. The molecule has 2 aromatic heterocycles. The largest absolute Gasteiger partial charge is 0.362 e. The van der Waals surface area contributed by atoms with Gasteiger partial charge in [-0.15, -0.1) is 22.7 Å². The van der Waals surface area contributed by atoms with Crippen molar-refractivity contribution in [3.63, 3.8) is 0 Å². The normalized spacial score (nSPS) is 12.6. The molecule has 146 valence electrons. The molecule has 0 aliphatic heterocycles. The third kappa shape index (κ3) is 4.57. The zero-order chi connectivity index (χ0) is 19.2. The topological polar surface area (TPSA) is 71.1 Å². The number of hydrogen-bond donors (Lipinski definition) is 0. The van der Waals surface area contributed by atoms with Crippen LogP contribution in [-0.2, 0) is 27.2 Å².